The molecule has 0 bridgehead atoms. The van der Waals surface area contributed by atoms with Crippen molar-refractivity contribution in [1.29, 1.82) is 0 Å². The fraction of sp³-hybridized carbons (Fsp3) is 0.588. The molecule has 0 saturated carbocycles. The average Bonchev–Trinajstić information content (AvgIpc) is 2.54. The third kappa shape index (κ3) is 5.47. The summed E-state index contributed by atoms with van der Waals surface area (Å²) in [4.78, 5) is 6.47. The summed E-state index contributed by atoms with van der Waals surface area (Å²) in [5, 5.41) is 3.38. The molecule has 0 aromatic heterocycles. The molecule has 0 fully saturated rings. The predicted molar refractivity (Wildman–Crippen MR) is 91.9 cm³/mol. The van der Waals surface area contributed by atoms with Gasteiger partial charge in [-0.2, -0.15) is 0 Å². The molecule has 1 rings (SSSR count). The minimum Gasteiger partial charge on any atom is -0.493 e. The van der Waals surface area contributed by atoms with Crippen molar-refractivity contribution in [2.24, 2.45) is 4.99 Å². The van der Waals surface area contributed by atoms with Crippen LogP contribution in [0.3, 0.4) is 0 Å². The highest BCUT2D eigenvalue weighted by molar-refractivity contribution is 5.79. The molecule has 0 heterocycles. The molecule has 0 unspecified atom stereocenters. The molecule has 124 valence electrons. The maximum absolute atomic E-state index is 5.53. The van der Waals surface area contributed by atoms with E-state index >= 15 is 0 Å². The molecule has 5 nitrogen and oxygen atoms in total. The third-order valence-corrected chi connectivity index (χ3v) is 3.40. The minimum absolute atomic E-state index is 0.628. The van der Waals surface area contributed by atoms with Crippen molar-refractivity contribution in [1.82, 2.24) is 10.2 Å². The van der Waals surface area contributed by atoms with Gasteiger partial charge in [0.15, 0.2) is 17.5 Å². The van der Waals surface area contributed by atoms with Crippen molar-refractivity contribution < 1.29 is 9.47 Å². The van der Waals surface area contributed by atoms with Crippen molar-refractivity contribution in [3.05, 3.63) is 23.8 Å². The van der Waals surface area contributed by atoms with E-state index in [1.807, 2.05) is 32.2 Å². The highest BCUT2D eigenvalue weighted by Crippen LogP contribution is 2.27. The van der Waals surface area contributed by atoms with E-state index in [0.29, 0.717) is 13.2 Å². The summed E-state index contributed by atoms with van der Waals surface area (Å²) in [7, 11) is 5.53. The molecule has 0 aliphatic carbocycles. The van der Waals surface area contributed by atoms with Crippen LogP contribution >= 0.6 is 0 Å². The Kier molecular flexibility index (Phi) is 8.18. The van der Waals surface area contributed by atoms with Gasteiger partial charge in [0.1, 0.15) is 0 Å². The standard InChI is InChI=1S/C17H29N3O2/c1-6-8-11-20(4)17(18-3)19-13-14-9-10-15(22-7-2)16(12-14)21-5/h9-10,12H,6-8,11,13H2,1-5H3,(H,18,19). The summed E-state index contributed by atoms with van der Waals surface area (Å²) in [6.07, 6.45) is 2.34. The highest BCUT2D eigenvalue weighted by atomic mass is 16.5. The normalized spacial score (nSPS) is 11.2. The lowest BCUT2D eigenvalue weighted by Crippen LogP contribution is -2.38. The molecule has 0 aliphatic heterocycles. The van der Waals surface area contributed by atoms with Gasteiger partial charge in [0.25, 0.3) is 0 Å². The van der Waals surface area contributed by atoms with E-state index in [1.54, 1.807) is 7.11 Å². The molecule has 22 heavy (non-hydrogen) atoms. The van der Waals surface area contributed by atoms with Gasteiger partial charge < -0.3 is 19.7 Å². The second kappa shape index (κ2) is 9.92. The monoisotopic (exact) mass is 307 g/mol. The van der Waals surface area contributed by atoms with Crippen LogP contribution in [0.1, 0.15) is 32.3 Å². The van der Waals surface area contributed by atoms with Gasteiger partial charge in [-0.1, -0.05) is 19.4 Å². The maximum Gasteiger partial charge on any atom is 0.193 e. The number of unbranched alkanes of at least 4 members (excludes halogenated alkanes) is 1. The Morgan fingerprint density at radius 3 is 2.64 bits per heavy atom. The second-order valence-corrected chi connectivity index (χ2v) is 5.09. The Labute approximate surface area is 134 Å². The van der Waals surface area contributed by atoms with Crippen LogP contribution in [0.2, 0.25) is 0 Å². The number of benzene rings is 1. The molecule has 0 radical (unpaired) electrons. The number of methoxy groups -OCH3 is 1. The molecular weight excluding hydrogens is 278 g/mol. The molecule has 1 aromatic carbocycles. The first-order chi connectivity index (χ1) is 10.7. The van der Waals surface area contributed by atoms with Crippen LogP contribution in [0.15, 0.2) is 23.2 Å². The number of rotatable bonds is 8. The number of hydrogen-bond donors (Lipinski definition) is 1. The third-order valence-electron chi connectivity index (χ3n) is 3.40. The van der Waals surface area contributed by atoms with E-state index in [0.717, 1.165) is 36.0 Å². The lowest BCUT2D eigenvalue weighted by atomic mass is 10.2. The molecule has 0 saturated heterocycles. The van der Waals surface area contributed by atoms with Gasteiger partial charge in [-0.05, 0) is 31.0 Å². The van der Waals surface area contributed by atoms with E-state index in [2.05, 4.69) is 29.2 Å². The van der Waals surface area contributed by atoms with Crippen molar-refractivity contribution in [2.75, 3.05) is 34.4 Å². The Balaban J connectivity index is 2.66. The number of aliphatic imine (C=N–C) groups is 1. The largest absolute Gasteiger partial charge is 0.493 e. The van der Waals surface area contributed by atoms with E-state index in [1.165, 1.54) is 6.42 Å². The van der Waals surface area contributed by atoms with Gasteiger partial charge in [-0.25, -0.2) is 0 Å². The van der Waals surface area contributed by atoms with Crippen LogP contribution in [0.5, 0.6) is 11.5 Å². The zero-order valence-electron chi connectivity index (χ0n) is 14.5. The van der Waals surface area contributed by atoms with Gasteiger partial charge in [0.2, 0.25) is 0 Å². The van der Waals surface area contributed by atoms with Crippen LogP contribution in [0.25, 0.3) is 0 Å². The number of ether oxygens (including phenoxy) is 2. The van der Waals surface area contributed by atoms with Crippen molar-refractivity contribution >= 4 is 5.96 Å². The Morgan fingerprint density at radius 2 is 2.05 bits per heavy atom. The smallest absolute Gasteiger partial charge is 0.193 e. The first kappa shape index (κ1) is 18.1. The fourth-order valence-electron chi connectivity index (χ4n) is 2.16. The average molecular weight is 307 g/mol. The summed E-state index contributed by atoms with van der Waals surface area (Å²) in [5.74, 6) is 2.44. The Morgan fingerprint density at radius 1 is 1.27 bits per heavy atom. The Bertz CT molecular complexity index is 475. The SMILES string of the molecule is CCCCN(C)C(=NC)NCc1ccc(OCC)c(OC)c1. The first-order valence-electron chi connectivity index (χ1n) is 7.87. The summed E-state index contributed by atoms with van der Waals surface area (Å²) < 4.78 is 10.9. The maximum atomic E-state index is 5.53. The summed E-state index contributed by atoms with van der Waals surface area (Å²) in [6.45, 7) is 6.48. The zero-order chi connectivity index (χ0) is 16.4. The second-order valence-electron chi connectivity index (χ2n) is 5.09. The molecule has 1 N–H and O–H groups in total. The molecule has 0 spiro atoms. The first-order valence-corrected chi connectivity index (χ1v) is 7.87. The lowest BCUT2D eigenvalue weighted by molar-refractivity contribution is 0.310. The number of guanidine groups is 1. The highest BCUT2D eigenvalue weighted by Gasteiger charge is 2.08. The van der Waals surface area contributed by atoms with Crippen molar-refractivity contribution in [3.63, 3.8) is 0 Å². The molecular formula is C17H29N3O2. The van der Waals surface area contributed by atoms with E-state index in [4.69, 9.17) is 9.47 Å². The summed E-state index contributed by atoms with van der Waals surface area (Å²) in [6, 6.07) is 5.99. The van der Waals surface area contributed by atoms with E-state index < -0.39 is 0 Å². The van der Waals surface area contributed by atoms with Gasteiger partial charge in [-0.15, -0.1) is 0 Å². The van der Waals surface area contributed by atoms with Crippen LogP contribution in [0, 0.1) is 0 Å². The number of hydrogen-bond acceptors (Lipinski definition) is 3. The topological polar surface area (TPSA) is 46.1 Å². The van der Waals surface area contributed by atoms with E-state index in [9.17, 15) is 0 Å². The number of nitrogens with zero attached hydrogens (tertiary/aromatic N) is 2. The molecule has 1 aromatic rings. The number of nitrogens with one attached hydrogen (secondary N) is 1. The van der Waals surface area contributed by atoms with Crippen molar-refractivity contribution in [3.8, 4) is 11.5 Å². The van der Waals surface area contributed by atoms with Gasteiger partial charge in [0, 0.05) is 27.2 Å². The minimum atomic E-state index is 0.628. The van der Waals surface area contributed by atoms with E-state index in [-0.39, 0.29) is 0 Å². The molecule has 5 heteroatoms. The van der Waals surface area contributed by atoms with Gasteiger partial charge in [0.05, 0.1) is 13.7 Å². The quantitative estimate of drug-likeness (QED) is 0.592. The summed E-state index contributed by atoms with van der Waals surface area (Å²) in [5.41, 5.74) is 1.13. The van der Waals surface area contributed by atoms with Crippen molar-refractivity contribution in [2.45, 2.75) is 33.2 Å². The predicted octanol–water partition coefficient (Wildman–Crippen LogP) is 2.90. The van der Waals surface area contributed by atoms with Crippen LogP contribution in [0.4, 0.5) is 0 Å². The van der Waals surface area contributed by atoms with Crippen LogP contribution in [-0.2, 0) is 6.54 Å². The zero-order valence-corrected chi connectivity index (χ0v) is 14.5. The van der Waals surface area contributed by atoms with Gasteiger partial charge >= 0.3 is 0 Å². The fourth-order valence-corrected chi connectivity index (χ4v) is 2.16. The van der Waals surface area contributed by atoms with Crippen LogP contribution in [-0.4, -0.2) is 45.2 Å². The molecule has 0 aliphatic rings. The lowest BCUT2D eigenvalue weighted by Gasteiger charge is -2.22. The molecule has 0 amide bonds. The summed E-state index contributed by atoms with van der Waals surface area (Å²) >= 11 is 0. The Hall–Kier alpha value is -1.91. The van der Waals surface area contributed by atoms with Crippen LogP contribution < -0.4 is 14.8 Å². The molecule has 0 atom stereocenters. The van der Waals surface area contributed by atoms with Gasteiger partial charge in [-0.3, -0.25) is 4.99 Å².